The molecule has 0 unspecified atom stereocenters. The number of anilines is 3. The molecule has 0 radical (unpaired) electrons. The van der Waals surface area contributed by atoms with E-state index in [4.69, 9.17) is 0 Å². The number of hydrogen-bond acceptors (Lipinski definition) is 2. The molecule has 0 saturated carbocycles. The fourth-order valence-corrected chi connectivity index (χ4v) is 26.2. The molecule has 0 spiro atoms. The number of hydrogen-bond donors (Lipinski definition) is 0. The number of aromatic nitrogens is 6. The van der Waals surface area contributed by atoms with Crippen LogP contribution < -0.4 is 37.7 Å². The topological polar surface area (TPSA) is 32.8 Å². The molecule has 0 aliphatic carbocycles. The van der Waals surface area contributed by atoms with Gasteiger partial charge in [-0.05, 0) is 227 Å². The SMILES string of the molecule is Cc1ccc(-n2c3ccccc3c3c2c2c4ccccc4n(-c4ccc5c(c4)N(c4ccccc4)c4ccccc4B5c4c(C(C)C)cc(C(C)C)cc4C(C)C)c2c2c4ccccc4n(-c4ccccc4)c32)cc1.Cc1ccc(-n2c3ccccc3c3c2c2c4ccccc4n(-c4ccc5c(c4)Sc4ccccc4B5c4c(C(C)C)cc(C(C)C)cc4C(C)C)c2c2c4ccccc4n(-c4ccccc4)c32)cc1. The standard InChI is InChI=1S/C70H59BN4.C64H54BN3S/c1-43(2)47-40-55(44(3)4)67(56(41-47)45(5)6)71-57-29-17-21-33-62(57)72(48-22-10-8-11-23-48)63-42-51(38-39-58(63)71)75-61-32-20-16-28-54(61)66-69-64(53-27-15-19-31-60(53)74(69)50-36-34-46(7)35-37-50)68-65(70(66)75)52-26-14-18-30-59(52)73(68)49-24-12-9-13-25-49;1-38(2)42-35-49(39(3)4)61(50(36-42)40(5)6)65-51-24-14-18-28-56(51)69-57-37-45(33-34-52(57)65)68-55-27-17-13-23-48(55)60-63-58(47-22-12-16-26-54(47)67(63)44-31-29-41(7)30-32-44)62-59(64(60)68)46-21-11-15-25-53(46)66(62)43-19-9-8-10-20-43/h8-45H,1-7H3;8-40H,1-7H3. The molecule has 2 aliphatic rings. The predicted molar refractivity (Wildman–Crippen MR) is 620 cm³/mol. The van der Waals surface area contributed by atoms with Crippen LogP contribution >= 0.6 is 11.8 Å². The van der Waals surface area contributed by atoms with Gasteiger partial charge in [0.25, 0.3) is 0 Å². The first-order valence-electron chi connectivity index (χ1n) is 51.8. The van der Waals surface area contributed by atoms with Crippen molar-refractivity contribution in [3.63, 3.8) is 0 Å². The molecule has 0 N–H and O–H groups in total. The summed E-state index contributed by atoms with van der Waals surface area (Å²) in [5.41, 5.74) is 44.4. The molecule has 8 heterocycles. The van der Waals surface area contributed by atoms with Gasteiger partial charge in [0.1, 0.15) is 0 Å². The van der Waals surface area contributed by atoms with Gasteiger partial charge in [-0.2, -0.15) is 0 Å². The summed E-state index contributed by atoms with van der Waals surface area (Å²) in [6.07, 6.45) is 0. The van der Waals surface area contributed by atoms with Crippen LogP contribution in [0, 0.1) is 13.8 Å². The Morgan fingerprint density at radius 2 is 0.458 bits per heavy atom. The molecule has 7 nitrogen and oxygen atoms in total. The Hall–Kier alpha value is -15.7. The van der Waals surface area contributed by atoms with Crippen LogP contribution in [0.2, 0.25) is 0 Å². The minimum atomic E-state index is 0.0137. The van der Waals surface area contributed by atoms with Crippen molar-refractivity contribution < 1.29 is 0 Å². The van der Waals surface area contributed by atoms with Gasteiger partial charge >= 0.3 is 0 Å². The van der Waals surface area contributed by atoms with Crippen LogP contribution in [0.15, 0.2) is 404 Å². The van der Waals surface area contributed by atoms with Gasteiger partial charge in [0.2, 0.25) is 13.4 Å². The Balaban J connectivity index is 0.000000147. The smallest absolute Gasteiger partial charge is 0.247 e. The van der Waals surface area contributed by atoms with Gasteiger partial charge < -0.3 is 32.3 Å². The number of para-hydroxylation sites is 10. The van der Waals surface area contributed by atoms with Gasteiger partial charge in [0.15, 0.2) is 0 Å². The van der Waals surface area contributed by atoms with Crippen molar-refractivity contribution in [2.75, 3.05) is 4.90 Å². The Morgan fingerprint density at radius 1 is 0.201 bits per heavy atom. The van der Waals surface area contributed by atoms with E-state index in [2.05, 4.69) is 524 Å². The molecule has 696 valence electrons. The lowest BCUT2D eigenvalue weighted by molar-refractivity contribution is 0.812. The van der Waals surface area contributed by atoms with Crippen molar-refractivity contribution in [1.29, 1.82) is 0 Å². The Bertz CT molecular complexity index is 9470. The average Bonchev–Trinajstić information content (AvgIpc) is 1.51. The molecule has 144 heavy (non-hydrogen) atoms. The van der Waals surface area contributed by atoms with E-state index in [1.165, 1.54) is 235 Å². The lowest BCUT2D eigenvalue weighted by Crippen LogP contribution is -2.59. The lowest BCUT2D eigenvalue weighted by atomic mass is 9.33. The molecular weight excluding hydrogens is 1760 g/mol. The highest BCUT2D eigenvalue weighted by molar-refractivity contribution is 8.00. The number of benzene rings is 19. The van der Waals surface area contributed by atoms with Gasteiger partial charge in [0.05, 0.1) is 66.2 Å². The van der Waals surface area contributed by atoms with Crippen LogP contribution in [-0.4, -0.2) is 40.8 Å². The van der Waals surface area contributed by atoms with Crippen LogP contribution in [0.3, 0.4) is 0 Å². The number of aryl methyl sites for hydroxylation is 2. The highest BCUT2D eigenvalue weighted by Gasteiger charge is 2.42. The van der Waals surface area contributed by atoms with Crippen LogP contribution in [-0.2, 0) is 0 Å². The van der Waals surface area contributed by atoms with E-state index in [0.717, 1.165) is 34.1 Å². The fourth-order valence-electron chi connectivity index (χ4n) is 25.0. The molecule has 0 fully saturated rings. The van der Waals surface area contributed by atoms with Crippen molar-refractivity contribution in [3.8, 4) is 34.1 Å². The summed E-state index contributed by atoms with van der Waals surface area (Å²) in [4.78, 5) is 5.19. The number of nitrogens with zero attached hydrogens (tertiary/aromatic N) is 7. The van der Waals surface area contributed by atoms with Crippen molar-refractivity contribution in [2.24, 2.45) is 0 Å². The predicted octanol–water partition coefficient (Wildman–Crippen LogP) is 32.6. The molecule has 2 aliphatic heterocycles. The van der Waals surface area contributed by atoms with Gasteiger partial charge in [-0.15, -0.1) is 0 Å². The van der Waals surface area contributed by atoms with E-state index in [0.29, 0.717) is 35.5 Å². The van der Waals surface area contributed by atoms with E-state index in [1.807, 2.05) is 11.8 Å². The van der Waals surface area contributed by atoms with Crippen molar-refractivity contribution >= 4 is 206 Å². The quantitative estimate of drug-likeness (QED) is 0.0959. The highest BCUT2D eigenvalue weighted by Crippen LogP contribution is 2.55. The molecular formula is C134H113B2N7S. The third-order valence-electron chi connectivity index (χ3n) is 31.6. The summed E-state index contributed by atoms with van der Waals surface area (Å²) in [6, 6.07) is 149. The molecule has 0 bridgehead atoms. The summed E-state index contributed by atoms with van der Waals surface area (Å²) in [7, 11) is 0. The summed E-state index contributed by atoms with van der Waals surface area (Å²) < 4.78 is 15.4. The first kappa shape index (κ1) is 88.4. The Kier molecular flexibility index (Phi) is 21.2. The second kappa shape index (κ2) is 34.6. The number of rotatable bonds is 15. The van der Waals surface area contributed by atoms with E-state index >= 15 is 0 Å². The maximum Gasteiger partial charge on any atom is 0.247 e. The zero-order valence-electron chi connectivity index (χ0n) is 84.2. The van der Waals surface area contributed by atoms with Crippen LogP contribution in [0.4, 0.5) is 17.1 Å². The molecule has 0 saturated heterocycles. The van der Waals surface area contributed by atoms with Gasteiger partial charge in [-0.25, -0.2) is 0 Å². The highest BCUT2D eigenvalue weighted by atomic mass is 32.2. The van der Waals surface area contributed by atoms with Crippen LogP contribution in [0.5, 0.6) is 0 Å². The summed E-state index contributed by atoms with van der Waals surface area (Å²) in [5.74, 6) is 2.32. The number of fused-ring (bicyclic) bond motifs is 28. The molecule has 6 aromatic heterocycles. The monoisotopic (exact) mass is 1870 g/mol. The third-order valence-corrected chi connectivity index (χ3v) is 32.7. The van der Waals surface area contributed by atoms with Gasteiger partial charge in [0, 0.05) is 126 Å². The van der Waals surface area contributed by atoms with Crippen LogP contribution in [0.1, 0.15) is 163 Å². The first-order valence-corrected chi connectivity index (χ1v) is 52.6. The molecule has 27 rings (SSSR count). The Labute approximate surface area is 847 Å². The summed E-state index contributed by atoms with van der Waals surface area (Å²) in [5, 5.41) is 15.0. The van der Waals surface area contributed by atoms with E-state index in [1.54, 1.807) is 0 Å². The van der Waals surface area contributed by atoms with E-state index in [9.17, 15) is 0 Å². The van der Waals surface area contributed by atoms with E-state index in [-0.39, 0.29) is 13.4 Å². The average molecular weight is 1880 g/mol. The van der Waals surface area contributed by atoms with Gasteiger partial charge in [-0.3, -0.25) is 0 Å². The Morgan fingerprint density at radius 3 is 0.806 bits per heavy atom. The minimum absolute atomic E-state index is 0.0137. The normalized spacial score (nSPS) is 12.8. The molecule has 10 heteroatoms. The molecule has 25 aromatic rings. The van der Waals surface area contributed by atoms with Crippen LogP contribution in [0.25, 0.3) is 165 Å². The molecule has 19 aromatic carbocycles. The second-order valence-corrected chi connectivity index (χ2v) is 43.2. The van der Waals surface area contributed by atoms with E-state index < -0.39 is 0 Å². The summed E-state index contributed by atoms with van der Waals surface area (Å²) in [6.45, 7) is 32.9. The lowest BCUT2D eigenvalue weighted by Gasteiger charge is -2.39. The minimum Gasteiger partial charge on any atom is -0.311 e. The summed E-state index contributed by atoms with van der Waals surface area (Å²) >= 11 is 1.93. The zero-order chi connectivity index (χ0) is 97.6. The largest absolute Gasteiger partial charge is 0.311 e. The second-order valence-electron chi connectivity index (χ2n) is 42.2. The van der Waals surface area contributed by atoms with Crippen molar-refractivity contribution in [1.82, 2.24) is 27.4 Å². The fraction of sp³-hybridized carbons (Fsp3) is 0.149. The maximum absolute atomic E-state index is 2.61. The van der Waals surface area contributed by atoms with Gasteiger partial charge in [-0.1, -0.05) is 389 Å². The maximum atomic E-state index is 2.61. The third kappa shape index (κ3) is 13.6. The first-order chi connectivity index (χ1) is 70.3. The van der Waals surface area contributed by atoms with Crippen molar-refractivity contribution in [2.45, 2.75) is 142 Å². The van der Waals surface area contributed by atoms with Crippen molar-refractivity contribution in [3.05, 3.63) is 439 Å². The molecule has 0 atom stereocenters. The zero-order valence-corrected chi connectivity index (χ0v) is 85.0. The molecule has 0 amide bonds.